The molecule has 6 N–H and O–H groups in total. The van der Waals surface area contributed by atoms with E-state index in [0.717, 1.165) is 12.8 Å². The maximum Gasteiger partial charge on any atom is 0.490 e. The van der Waals surface area contributed by atoms with E-state index in [1.54, 1.807) is 33.8 Å². The molecule has 1 atom stereocenters. The summed E-state index contributed by atoms with van der Waals surface area (Å²) in [5, 5.41) is 35.3. The highest BCUT2D eigenvalue weighted by Crippen LogP contribution is 2.21. The number of pyridine rings is 1. The van der Waals surface area contributed by atoms with Crippen LogP contribution in [0.1, 0.15) is 12.8 Å². The fourth-order valence-corrected chi connectivity index (χ4v) is 4.63. The molecule has 2 fully saturated rings. The molecule has 1 aromatic rings. The molecular weight excluding hydrogens is 753 g/mol. The fraction of sp³-hybridized carbons (Fsp3) is 0.542. The summed E-state index contributed by atoms with van der Waals surface area (Å²) in [5.41, 5.74) is 0. The lowest BCUT2D eigenvalue weighted by atomic mass is 10.0. The maximum atomic E-state index is 12.4. The molecule has 26 heteroatoms. The van der Waals surface area contributed by atoms with Crippen molar-refractivity contribution in [3.63, 3.8) is 0 Å². The van der Waals surface area contributed by atoms with Gasteiger partial charge in [-0.1, -0.05) is 11.6 Å². The molecule has 2 aliphatic rings. The number of piperidine rings is 1. The van der Waals surface area contributed by atoms with Crippen molar-refractivity contribution in [1.82, 2.24) is 19.8 Å². The van der Waals surface area contributed by atoms with Crippen LogP contribution < -0.4 is 11.2 Å². The Bertz CT molecular complexity index is 1280. The Morgan fingerprint density at radius 2 is 1.42 bits per heavy atom. The van der Waals surface area contributed by atoms with Gasteiger partial charge in [0, 0.05) is 31.1 Å². The Labute approximate surface area is 284 Å². The molecule has 3 heterocycles. The molecule has 2 aliphatic heterocycles. The number of aliphatic carboxylic acids is 3. The van der Waals surface area contributed by atoms with Crippen LogP contribution in [0.15, 0.2) is 18.3 Å². The van der Waals surface area contributed by atoms with E-state index in [1.165, 1.54) is 6.20 Å². The van der Waals surface area contributed by atoms with Crippen LogP contribution in [-0.4, -0.2) is 133 Å². The summed E-state index contributed by atoms with van der Waals surface area (Å²) in [5.74, 6) is -0.705. The summed E-state index contributed by atoms with van der Waals surface area (Å²) in [6, 6.07) is 5.20. The number of carboxylic acids is 3. The largest absolute Gasteiger partial charge is 0.490 e. The standard InChI is InChI=1S/C18H24ClN7O2S.3C2HF3O2/c19-13-1-2-16(22-8-13)23-17(27)9-24-5-3-14(4-6-24)26(21)10-18(28)25-12-29-11-15(25)7-20;3*3-2(4,5)1(6)7/h1-2,8,14-15H,3-6,9-12,21H2,(H,22,23,27);3*(H,6,7). The van der Waals surface area contributed by atoms with E-state index >= 15 is 0 Å². The molecule has 2 amide bonds. The number of amides is 2. The summed E-state index contributed by atoms with van der Waals surface area (Å²) in [6.07, 6.45) is -12.2. The highest BCUT2D eigenvalue weighted by atomic mass is 35.5. The molecule has 0 aliphatic carbocycles. The zero-order valence-electron chi connectivity index (χ0n) is 24.9. The third kappa shape index (κ3) is 18.6. The van der Waals surface area contributed by atoms with Crippen molar-refractivity contribution in [3.8, 4) is 6.07 Å². The normalized spacial score (nSPS) is 16.7. The van der Waals surface area contributed by atoms with Gasteiger partial charge in [0.15, 0.2) is 0 Å². The van der Waals surface area contributed by atoms with Crippen LogP contribution in [0, 0.1) is 11.3 Å². The highest BCUT2D eigenvalue weighted by Gasteiger charge is 2.39. The van der Waals surface area contributed by atoms with E-state index in [2.05, 4.69) is 21.3 Å². The Hall–Kier alpha value is -4.12. The van der Waals surface area contributed by atoms with Gasteiger partial charge in [-0.2, -0.15) is 44.8 Å². The number of likely N-dealkylation sites (tertiary alicyclic amines) is 1. The topological polar surface area (TPSA) is 230 Å². The van der Waals surface area contributed by atoms with Crippen LogP contribution in [0.2, 0.25) is 5.02 Å². The van der Waals surface area contributed by atoms with Crippen LogP contribution in [-0.2, 0) is 24.0 Å². The smallest absolute Gasteiger partial charge is 0.475 e. The fourth-order valence-electron chi connectivity index (χ4n) is 3.42. The van der Waals surface area contributed by atoms with Crippen molar-refractivity contribution < 1.29 is 78.8 Å². The summed E-state index contributed by atoms with van der Waals surface area (Å²) >= 11 is 7.37. The number of nitrogens with two attached hydrogens (primary N) is 1. The molecular formula is C24H27ClF9N7O8S. The van der Waals surface area contributed by atoms with Crippen molar-refractivity contribution in [2.45, 2.75) is 43.5 Å². The van der Waals surface area contributed by atoms with Gasteiger partial charge < -0.3 is 25.5 Å². The molecule has 282 valence electrons. The van der Waals surface area contributed by atoms with E-state index in [0.29, 0.717) is 35.6 Å². The highest BCUT2D eigenvalue weighted by molar-refractivity contribution is 7.99. The number of nitrogens with one attached hydrogen (secondary N) is 1. The van der Waals surface area contributed by atoms with Crippen LogP contribution in [0.3, 0.4) is 0 Å². The average molecular weight is 780 g/mol. The molecule has 0 bridgehead atoms. The quantitative estimate of drug-likeness (QED) is 0.159. The second-order valence-corrected chi connectivity index (χ2v) is 10.9. The summed E-state index contributed by atoms with van der Waals surface area (Å²) in [6.45, 7) is 1.81. The molecule has 0 radical (unpaired) electrons. The van der Waals surface area contributed by atoms with E-state index in [9.17, 15) is 49.1 Å². The Kier molecular flexibility index (Phi) is 18.8. The SMILES string of the molecule is N#CC1CSCN1C(=O)CN(N)C1CCN(CC(=O)Nc2ccc(Cl)cn2)CC1.O=C(O)C(F)(F)F.O=C(O)C(F)(F)F.O=C(O)C(F)(F)F. The molecule has 50 heavy (non-hydrogen) atoms. The van der Waals surface area contributed by atoms with E-state index < -0.39 is 36.4 Å². The number of carbonyl (C=O) groups is 5. The second-order valence-electron chi connectivity index (χ2n) is 9.51. The van der Waals surface area contributed by atoms with Crippen molar-refractivity contribution in [2.75, 3.05) is 43.1 Å². The molecule has 0 spiro atoms. The Morgan fingerprint density at radius 3 is 1.80 bits per heavy atom. The number of thioether (sulfide) groups is 1. The molecule has 0 saturated carbocycles. The number of rotatable bonds is 6. The van der Waals surface area contributed by atoms with Crippen LogP contribution in [0.4, 0.5) is 45.3 Å². The van der Waals surface area contributed by atoms with E-state index in [4.69, 9.17) is 52.4 Å². The monoisotopic (exact) mass is 779 g/mol. The van der Waals surface area contributed by atoms with Crippen molar-refractivity contribution in [2.24, 2.45) is 5.84 Å². The van der Waals surface area contributed by atoms with E-state index in [-0.39, 0.29) is 37.0 Å². The predicted octanol–water partition coefficient (Wildman–Crippen LogP) is 2.64. The van der Waals surface area contributed by atoms with Crippen molar-refractivity contribution in [3.05, 3.63) is 23.4 Å². The lowest BCUT2D eigenvalue weighted by molar-refractivity contribution is -0.193. The van der Waals surface area contributed by atoms with Gasteiger partial charge in [0.25, 0.3) is 0 Å². The van der Waals surface area contributed by atoms with Crippen LogP contribution in [0.25, 0.3) is 0 Å². The van der Waals surface area contributed by atoms with Gasteiger partial charge in [-0.3, -0.25) is 20.3 Å². The zero-order valence-corrected chi connectivity index (χ0v) is 26.5. The summed E-state index contributed by atoms with van der Waals surface area (Å²) in [4.78, 5) is 59.0. The van der Waals surface area contributed by atoms with Crippen LogP contribution >= 0.6 is 23.4 Å². The molecule has 15 nitrogen and oxygen atoms in total. The minimum Gasteiger partial charge on any atom is -0.475 e. The number of halogens is 10. The van der Waals surface area contributed by atoms with Gasteiger partial charge in [-0.25, -0.2) is 24.4 Å². The number of hydrogen-bond donors (Lipinski definition) is 5. The Balaban J connectivity index is 0.000000928. The first kappa shape index (κ1) is 45.9. The van der Waals surface area contributed by atoms with Gasteiger partial charge in [0.2, 0.25) is 11.8 Å². The molecule has 1 unspecified atom stereocenters. The van der Waals surface area contributed by atoms with E-state index in [1.807, 2.05) is 0 Å². The molecule has 3 rings (SSSR count). The zero-order chi connectivity index (χ0) is 39.0. The first-order valence-electron chi connectivity index (χ1n) is 13.1. The minimum absolute atomic E-state index is 0.0759. The first-order valence-corrected chi connectivity index (χ1v) is 14.6. The average Bonchev–Trinajstić information content (AvgIpc) is 3.47. The number of carboxylic acid groups (broad SMARTS) is 3. The minimum atomic E-state index is -5.08. The third-order valence-electron chi connectivity index (χ3n) is 5.79. The maximum absolute atomic E-state index is 12.4. The lowest BCUT2D eigenvalue weighted by Gasteiger charge is -2.36. The number of carbonyl (C=O) groups excluding carboxylic acids is 2. The first-order chi connectivity index (χ1) is 22.8. The van der Waals surface area contributed by atoms with Crippen molar-refractivity contribution in [1.29, 1.82) is 5.26 Å². The number of aromatic nitrogens is 1. The number of nitriles is 1. The number of hydrogen-bond acceptors (Lipinski definition) is 11. The second kappa shape index (κ2) is 20.5. The molecule has 1 aromatic heterocycles. The third-order valence-corrected chi connectivity index (χ3v) is 7.02. The Morgan fingerprint density at radius 1 is 0.960 bits per heavy atom. The van der Waals surface area contributed by atoms with Gasteiger partial charge >= 0.3 is 36.4 Å². The predicted molar refractivity (Wildman–Crippen MR) is 153 cm³/mol. The van der Waals surface area contributed by atoms with Gasteiger partial charge in [-0.15, -0.1) is 11.8 Å². The van der Waals surface area contributed by atoms with Crippen LogP contribution in [0.5, 0.6) is 0 Å². The van der Waals surface area contributed by atoms with Gasteiger partial charge in [0.1, 0.15) is 11.9 Å². The molecule has 2 saturated heterocycles. The lowest BCUT2D eigenvalue weighted by Crippen LogP contribution is -2.53. The van der Waals surface area contributed by atoms with Gasteiger partial charge in [-0.05, 0) is 25.0 Å². The number of hydrazine groups is 1. The van der Waals surface area contributed by atoms with Gasteiger partial charge in [0.05, 0.1) is 30.1 Å². The van der Waals surface area contributed by atoms with Crippen molar-refractivity contribution >= 4 is 58.9 Å². The number of anilines is 1. The molecule has 0 aromatic carbocycles. The number of alkyl halides is 9. The summed E-state index contributed by atoms with van der Waals surface area (Å²) < 4.78 is 95.2. The number of nitrogens with zero attached hydrogens (tertiary/aromatic N) is 5. The summed E-state index contributed by atoms with van der Waals surface area (Å²) in [7, 11) is 0.